The van der Waals surface area contributed by atoms with Gasteiger partial charge in [0.1, 0.15) is 0 Å². The minimum Gasteiger partial charge on any atom is -0.199 e. The number of hydrogen-bond donors (Lipinski definition) is 0. The maximum atomic E-state index is 12.2. The average molecular weight is 308 g/mol. The summed E-state index contributed by atoms with van der Waals surface area (Å²) in [4.78, 5) is 0.175. The van der Waals surface area contributed by atoms with Crippen LogP contribution in [-0.2, 0) is 10.0 Å². The van der Waals surface area contributed by atoms with Gasteiger partial charge in [-0.2, -0.15) is 12.8 Å². The molecule has 0 aliphatic rings. The molecule has 0 heterocycles. The Labute approximate surface area is 124 Å². The van der Waals surface area contributed by atoms with Crippen LogP contribution in [0.15, 0.2) is 57.8 Å². The molecule has 0 saturated heterocycles. The van der Waals surface area contributed by atoms with Gasteiger partial charge in [0.25, 0.3) is 10.0 Å². The van der Waals surface area contributed by atoms with E-state index >= 15 is 0 Å². The normalized spacial score (nSPS) is 12.4. The topological polar surface area (TPSA) is 46.5 Å². The zero-order valence-corrected chi connectivity index (χ0v) is 12.7. The molecule has 0 amide bonds. The fraction of sp³-hybridized carbons (Fsp3) is 0.133. The van der Waals surface area contributed by atoms with E-state index in [1.165, 1.54) is 0 Å². The first-order valence-electron chi connectivity index (χ1n) is 6.03. The molecular weight excluding hydrogens is 294 g/mol. The molecule has 20 heavy (non-hydrogen) atoms. The van der Waals surface area contributed by atoms with Crippen molar-refractivity contribution >= 4 is 27.3 Å². The maximum Gasteiger partial charge on any atom is 0.282 e. The summed E-state index contributed by atoms with van der Waals surface area (Å²) in [7, 11) is -3.71. The third-order valence-electron chi connectivity index (χ3n) is 2.84. The molecule has 0 aromatic heterocycles. The van der Waals surface area contributed by atoms with Crippen molar-refractivity contribution in [3.05, 3.63) is 64.7 Å². The van der Waals surface area contributed by atoms with Crippen LogP contribution in [0.2, 0.25) is 5.02 Å². The van der Waals surface area contributed by atoms with Crippen molar-refractivity contribution in [2.24, 2.45) is 4.40 Å². The summed E-state index contributed by atoms with van der Waals surface area (Å²) >= 11 is 6.04. The molecule has 0 fully saturated rings. The molecule has 2 aromatic rings. The highest BCUT2D eigenvalue weighted by Gasteiger charge is 2.14. The van der Waals surface area contributed by atoms with E-state index in [9.17, 15) is 8.42 Å². The third-order valence-corrected chi connectivity index (χ3v) is 4.55. The highest BCUT2D eigenvalue weighted by molar-refractivity contribution is 7.90. The zero-order valence-electron chi connectivity index (χ0n) is 11.2. The summed E-state index contributed by atoms with van der Waals surface area (Å²) in [5.74, 6) is 0. The van der Waals surface area contributed by atoms with Crippen LogP contribution in [0.3, 0.4) is 0 Å². The van der Waals surface area contributed by atoms with Crippen LogP contribution >= 0.6 is 11.6 Å². The van der Waals surface area contributed by atoms with Gasteiger partial charge < -0.3 is 0 Å². The number of halogens is 1. The second kappa shape index (κ2) is 5.77. The van der Waals surface area contributed by atoms with Crippen LogP contribution < -0.4 is 0 Å². The second-order valence-corrected chi connectivity index (χ2v) is 6.46. The fourth-order valence-corrected chi connectivity index (χ4v) is 3.06. The summed E-state index contributed by atoms with van der Waals surface area (Å²) in [6.45, 7) is 3.53. The molecule has 104 valence electrons. The van der Waals surface area contributed by atoms with Gasteiger partial charge in [0.15, 0.2) is 0 Å². The van der Waals surface area contributed by atoms with E-state index in [1.54, 1.807) is 55.5 Å². The van der Waals surface area contributed by atoms with Gasteiger partial charge in [0, 0.05) is 10.6 Å². The first-order chi connectivity index (χ1) is 9.40. The van der Waals surface area contributed by atoms with Crippen molar-refractivity contribution < 1.29 is 8.42 Å². The van der Waals surface area contributed by atoms with Gasteiger partial charge in [0.2, 0.25) is 0 Å². The Kier molecular flexibility index (Phi) is 4.26. The molecule has 0 saturated carbocycles. The van der Waals surface area contributed by atoms with Crippen LogP contribution in [0, 0.1) is 6.92 Å². The summed E-state index contributed by atoms with van der Waals surface area (Å²) in [6.07, 6.45) is 0. The number of aryl methyl sites for hydroxylation is 1. The summed E-state index contributed by atoms with van der Waals surface area (Å²) in [5, 5.41) is 0.479. The molecule has 0 bridgehead atoms. The number of sulfonamides is 1. The lowest BCUT2D eigenvalue weighted by Gasteiger charge is -2.04. The molecule has 5 heteroatoms. The summed E-state index contributed by atoms with van der Waals surface area (Å²) in [5.41, 5.74) is 1.98. The number of benzene rings is 2. The lowest BCUT2D eigenvalue weighted by molar-refractivity contribution is 0.598. The molecule has 0 N–H and O–H groups in total. The predicted octanol–water partition coefficient (Wildman–Crippen LogP) is 3.85. The van der Waals surface area contributed by atoms with Crippen molar-refractivity contribution in [3.8, 4) is 0 Å². The van der Waals surface area contributed by atoms with Crippen LogP contribution in [0.5, 0.6) is 0 Å². The van der Waals surface area contributed by atoms with Crippen molar-refractivity contribution in [1.82, 2.24) is 0 Å². The Morgan fingerprint density at radius 3 is 2.25 bits per heavy atom. The lowest BCUT2D eigenvalue weighted by atomic mass is 10.1. The Bertz CT molecular complexity index is 750. The quantitative estimate of drug-likeness (QED) is 0.809. The highest BCUT2D eigenvalue weighted by Crippen LogP contribution is 2.19. The summed E-state index contributed by atoms with van der Waals surface area (Å²) in [6, 6.07) is 13.6. The first-order valence-corrected chi connectivity index (χ1v) is 7.85. The molecule has 2 rings (SSSR count). The molecule has 0 radical (unpaired) electrons. The van der Waals surface area contributed by atoms with E-state index in [0.29, 0.717) is 16.3 Å². The number of rotatable bonds is 3. The highest BCUT2D eigenvalue weighted by atomic mass is 35.5. The van der Waals surface area contributed by atoms with Crippen LogP contribution in [-0.4, -0.2) is 14.1 Å². The van der Waals surface area contributed by atoms with Gasteiger partial charge in [-0.15, -0.1) is 0 Å². The Morgan fingerprint density at radius 1 is 1.05 bits per heavy atom. The third kappa shape index (κ3) is 3.26. The fourth-order valence-electron chi connectivity index (χ4n) is 1.75. The molecule has 0 spiro atoms. The monoisotopic (exact) mass is 307 g/mol. The van der Waals surface area contributed by atoms with E-state index in [1.807, 2.05) is 6.92 Å². The van der Waals surface area contributed by atoms with Gasteiger partial charge in [-0.3, -0.25) is 0 Å². The largest absolute Gasteiger partial charge is 0.282 e. The molecular formula is C15H14ClNO2S. The van der Waals surface area contributed by atoms with E-state index in [4.69, 9.17) is 11.6 Å². The van der Waals surface area contributed by atoms with Gasteiger partial charge in [-0.05, 0) is 32.0 Å². The van der Waals surface area contributed by atoms with E-state index in [-0.39, 0.29) is 4.90 Å². The van der Waals surface area contributed by atoms with Gasteiger partial charge in [-0.25, -0.2) is 0 Å². The van der Waals surface area contributed by atoms with Gasteiger partial charge in [-0.1, -0.05) is 47.5 Å². The molecule has 0 unspecified atom stereocenters. The smallest absolute Gasteiger partial charge is 0.199 e. The van der Waals surface area contributed by atoms with Crippen LogP contribution in [0.4, 0.5) is 0 Å². The van der Waals surface area contributed by atoms with Crippen LogP contribution in [0.1, 0.15) is 18.1 Å². The minimum absolute atomic E-state index is 0.175. The van der Waals surface area contributed by atoms with Crippen molar-refractivity contribution in [1.29, 1.82) is 0 Å². The first kappa shape index (κ1) is 14.8. The molecule has 0 aliphatic heterocycles. The molecule has 0 aliphatic carbocycles. The maximum absolute atomic E-state index is 12.2. The van der Waals surface area contributed by atoms with E-state index in [0.717, 1.165) is 5.56 Å². The number of hydrogen-bond acceptors (Lipinski definition) is 2. The van der Waals surface area contributed by atoms with Gasteiger partial charge >= 0.3 is 0 Å². The molecule has 0 atom stereocenters. The Morgan fingerprint density at radius 2 is 1.65 bits per heavy atom. The van der Waals surface area contributed by atoms with Gasteiger partial charge in [0.05, 0.1) is 10.6 Å². The zero-order chi connectivity index (χ0) is 14.8. The van der Waals surface area contributed by atoms with E-state index in [2.05, 4.69) is 4.40 Å². The lowest BCUT2D eigenvalue weighted by Crippen LogP contribution is -2.03. The van der Waals surface area contributed by atoms with E-state index < -0.39 is 10.0 Å². The molecule has 2 aromatic carbocycles. The Balaban J connectivity index is 2.43. The Hall–Kier alpha value is -1.65. The SMILES string of the molecule is C/C(=N\S(=O)(=O)c1ccc(C)cc1)c1ccccc1Cl. The minimum atomic E-state index is -3.71. The van der Waals surface area contributed by atoms with Crippen LogP contribution in [0.25, 0.3) is 0 Å². The predicted molar refractivity (Wildman–Crippen MR) is 82.0 cm³/mol. The second-order valence-electron chi connectivity index (χ2n) is 4.44. The number of nitrogens with zero attached hydrogens (tertiary/aromatic N) is 1. The summed E-state index contributed by atoms with van der Waals surface area (Å²) < 4.78 is 28.3. The standard InChI is InChI=1S/C15H14ClNO2S/c1-11-7-9-13(10-8-11)20(18,19)17-12(2)14-5-3-4-6-15(14)16/h3-10H,1-2H3/b17-12+. The molecule has 3 nitrogen and oxygen atoms in total. The van der Waals surface area contributed by atoms with Crippen molar-refractivity contribution in [2.75, 3.05) is 0 Å². The van der Waals surface area contributed by atoms with Crippen molar-refractivity contribution in [2.45, 2.75) is 18.7 Å². The average Bonchev–Trinajstić information content (AvgIpc) is 2.39. The van der Waals surface area contributed by atoms with Crippen molar-refractivity contribution in [3.63, 3.8) is 0 Å².